The molecule has 0 unspecified atom stereocenters. The van der Waals surface area contributed by atoms with Crippen LogP contribution < -0.4 is 20.1 Å². The smallest absolute Gasteiger partial charge is 0.257 e. The van der Waals surface area contributed by atoms with E-state index in [9.17, 15) is 13.6 Å². The lowest BCUT2D eigenvalue weighted by Gasteiger charge is -2.11. The van der Waals surface area contributed by atoms with E-state index < -0.39 is 17.5 Å². The van der Waals surface area contributed by atoms with Crippen LogP contribution in [0.25, 0.3) is 0 Å². The first-order valence-corrected chi connectivity index (χ1v) is 8.21. The predicted molar refractivity (Wildman–Crippen MR) is 101 cm³/mol. The lowest BCUT2D eigenvalue weighted by Crippen LogP contribution is -2.13. The third-order valence-electron chi connectivity index (χ3n) is 3.86. The van der Waals surface area contributed by atoms with Crippen molar-refractivity contribution in [1.82, 2.24) is 4.98 Å². The third-order valence-corrected chi connectivity index (χ3v) is 3.86. The molecule has 0 saturated carbocycles. The van der Waals surface area contributed by atoms with Gasteiger partial charge in [-0.05, 0) is 36.4 Å². The number of hydrogen-bond acceptors (Lipinski definition) is 5. The second-order valence-corrected chi connectivity index (χ2v) is 5.71. The highest BCUT2D eigenvalue weighted by molar-refractivity contribution is 6.04. The maximum absolute atomic E-state index is 13.6. The van der Waals surface area contributed by atoms with E-state index in [0.717, 1.165) is 17.8 Å². The Morgan fingerprint density at radius 2 is 1.75 bits per heavy atom. The van der Waals surface area contributed by atoms with Gasteiger partial charge in [-0.1, -0.05) is 0 Å². The fourth-order valence-electron chi connectivity index (χ4n) is 2.45. The molecule has 6 nitrogen and oxygen atoms in total. The Labute approximate surface area is 160 Å². The van der Waals surface area contributed by atoms with Gasteiger partial charge >= 0.3 is 0 Å². The van der Waals surface area contributed by atoms with Crippen LogP contribution >= 0.6 is 0 Å². The van der Waals surface area contributed by atoms with Gasteiger partial charge in [0.05, 0.1) is 25.5 Å². The summed E-state index contributed by atoms with van der Waals surface area (Å²) >= 11 is 0. The van der Waals surface area contributed by atoms with E-state index >= 15 is 0 Å². The maximum atomic E-state index is 13.6. The lowest BCUT2D eigenvalue weighted by atomic mass is 10.2. The number of carbonyl (C=O) groups is 1. The summed E-state index contributed by atoms with van der Waals surface area (Å²) in [5, 5.41) is 5.46. The van der Waals surface area contributed by atoms with Gasteiger partial charge in [0.1, 0.15) is 17.5 Å². The van der Waals surface area contributed by atoms with Crippen molar-refractivity contribution in [2.45, 2.75) is 0 Å². The molecule has 28 heavy (non-hydrogen) atoms. The summed E-state index contributed by atoms with van der Waals surface area (Å²) in [6.07, 6.45) is 1.35. The van der Waals surface area contributed by atoms with Crippen LogP contribution in [-0.4, -0.2) is 25.1 Å². The van der Waals surface area contributed by atoms with E-state index in [2.05, 4.69) is 15.6 Å². The zero-order valence-corrected chi connectivity index (χ0v) is 15.1. The van der Waals surface area contributed by atoms with Crippen LogP contribution in [0.2, 0.25) is 0 Å². The molecule has 3 rings (SSSR count). The Hall–Kier alpha value is -3.68. The van der Waals surface area contributed by atoms with Crippen molar-refractivity contribution >= 4 is 23.1 Å². The van der Waals surface area contributed by atoms with Crippen LogP contribution in [0.3, 0.4) is 0 Å². The summed E-state index contributed by atoms with van der Waals surface area (Å²) in [5.74, 6) is -0.478. The number of nitrogens with one attached hydrogen (secondary N) is 2. The molecule has 0 aliphatic heterocycles. The molecule has 8 heteroatoms. The molecule has 0 spiro atoms. The van der Waals surface area contributed by atoms with Crippen molar-refractivity contribution in [3.63, 3.8) is 0 Å². The molecule has 0 radical (unpaired) electrons. The standard InChI is InChI=1S/C20H17F2N3O3/c1-27-17-7-5-14(10-18(17)28-2)24-19-8-3-12(11-23-19)20(26)25-16-6-4-13(21)9-15(16)22/h3-11H,1-2H3,(H,23,24)(H,25,26). The van der Waals surface area contributed by atoms with Crippen LogP contribution in [0.15, 0.2) is 54.7 Å². The number of halogens is 2. The molecule has 1 amide bonds. The average Bonchev–Trinajstić information content (AvgIpc) is 2.70. The van der Waals surface area contributed by atoms with Crippen molar-refractivity contribution < 1.29 is 23.0 Å². The van der Waals surface area contributed by atoms with Crippen molar-refractivity contribution in [2.75, 3.05) is 24.9 Å². The van der Waals surface area contributed by atoms with Gasteiger partial charge in [-0.15, -0.1) is 0 Å². The van der Waals surface area contributed by atoms with Gasteiger partial charge in [0.15, 0.2) is 11.5 Å². The number of nitrogens with zero attached hydrogens (tertiary/aromatic N) is 1. The quantitative estimate of drug-likeness (QED) is 0.659. The second kappa shape index (κ2) is 8.34. The Balaban J connectivity index is 1.70. The van der Waals surface area contributed by atoms with Gasteiger partial charge in [-0.3, -0.25) is 4.79 Å². The molecular weight excluding hydrogens is 368 g/mol. The van der Waals surface area contributed by atoms with Gasteiger partial charge in [-0.25, -0.2) is 13.8 Å². The first-order valence-electron chi connectivity index (χ1n) is 8.21. The monoisotopic (exact) mass is 385 g/mol. The summed E-state index contributed by atoms with van der Waals surface area (Å²) in [6.45, 7) is 0. The molecule has 0 atom stereocenters. The SMILES string of the molecule is COc1ccc(Nc2ccc(C(=O)Nc3ccc(F)cc3F)cn2)cc1OC. The van der Waals surface area contributed by atoms with Crippen LogP contribution in [0, 0.1) is 11.6 Å². The van der Waals surface area contributed by atoms with E-state index in [1.807, 2.05) is 0 Å². The van der Waals surface area contributed by atoms with E-state index in [1.54, 1.807) is 31.4 Å². The Bertz CT molecular complexity index is 994. The minimum Gasteiger partial charge on any atom is -0.493 e. The molecule has 0 bridgehead atoms. The molecule has 2 N–H and O–H groups in total. The Morgan fingerprint density at radius 3 is 2.39 bits per heavy atom. The molecule has 1 aromatic heterocycles. The highest BCUT2D eigenvalue weighted by Crippen LogP contribution is 2.30. The zero-order chi connectivity index (χ0) is 20.1. The molecule has 0 aliphatic rings. The van der Waals surface area contributed by atoms with Gasteiger partial charge < -0.3 is 20.1 Å². The van der Waals surface area contributed by atoms with Gasteiger partial charge in [-0.2, -0.15) is 0 Å². The van der Waals surface area contributed by atoms with E-state index in [4.69, 9.17) is 9.47 Å². The fraction of sp³-hybridized carbons (Fsp3) is 0.100. The van der Waals surface area contributed by atoms with Crippen LogP contribution in [-0.2, 0) is 0 Å². The second-order valence-electron chi connectivity index (χ2n) is 5.71. The zero-order valence-electron chi connectivity index (χ0n) is 15.1. The highest BCUT2D eigenvalue weighted by atomic mass is 19.1. The van der Waals surface area contributed by atoms with Gasteiger partial charge in [0, 0.05) is 24.0 Å². The largest absolute Gasteiger partial charge is 0.493 e. The van der Waals surface area contributed by atoms with E-state index in [0.29, 0.717) is 23.4 Å². The van der Waals surface area contributed by atoms with Crippen molar-refractivity contribution in [3.05, 3.63) is 71.9 Å². The maximum Gasteiger partial charge on any atom is 0.257 e. The minimum atomic E-state index is -0.854. The summed E-state index contributed by atoms with van der Waals surface area (Å²) in [4.78, 5) is 16.4. The Morgan fingerprint density at radius 1 is 0.964 bits per heavy atom. The number of pyridine rings is 1. The number of methoxy groups -OCH3 is 2. The van der Waals surface area contributed by atoms with Gasteiger partial charge in [0.2, 0.25) is 0 Å². The fourth-order valence-corrected chi connectivity index (χ4v) is 2.45. The van der Waals surface area contributed by atoms with Crippen molar-refractivity contribution in [1.29, 1.82) is 0 Å². The first kappa shape index (κ1) is 19.1. The summed E-state index contributed by atoms with van der Waals surface area (Å²) in [7, 11) is 3.09. The number of carbonyl (C=O) groups excluding carboxylic acids is 1. The number of aromatic nitrogens is 1. The molecule has 3 aromatic rings. The number of anilines is 3. The number of ether oxygens (including phenoxy) is 2. The first-order chi connectivity index (χ1) is 13.5. The number of rotatable bonds is 6. The molecule has 144 valence electrons. The molecule has 0 fully saturated rings. The number of amides is 1. The number of hydrogen-bond donors (Lipinski definition) is 2. The van der Waals surface area contributed by atoms with Crippen molar-refractivity contribution in [2.24, 2.45) is 0 Å². The Kier molecular flexibility index (Phi) is 5.69. The third kappa shape index (κ3) is 4.35. The lowest BCUT2D eigenvalue weighted by molar-refractivity contribution is 0.102. The molecule has 2 aromatic carbocycles. The molecular formula is C20H17F2N3O3. The summed E-state index contributed by atoms with van der Waals surface area (Å²) < 4.78 is 37.0. The molecule has 0 aliphatic carbocycles. The predicted octanol–water partition coefficient (Wildman–Crippen LogP) is 4.37. The highest BCUT2D eigenvalue weighted by Gasteiger charge is 2.11. The van der Waals surface area contributed by atoms with E-state index in [1.165, 1.54) is 19.4 Å². The molecule has 0 saturated heterocycles. The summed E-state index contributed by atoms with van der Waals surface area (Å²) in [5.41, 5.74) is 0.830. The normalized spacial score (nSPS) is 10.3. The van der Waals surface area contributed by atoms with Crippen LogP contribution in [0.1, 0.15) is 10.4 Å². The molecule has 1 heterocycles. The minimum absolute atomic E-state index is 0.112. The number of benzene rings is 2. The topological polar surface area (TPSA) is 72.5 Å². The van der Waals surface area contributed by atoms with Crippen LogP contribution in [0.5, 0.6) is 11.5 Å². The van der Waals surface area contributed by atoms with Crippen molar-refractivity contribution in [3.8, 4) is 11.5 Å². The summed E-state index contributed by atoms with van der Waals surface area (Å²) in [6, 6.07) is 11.3. The van der Waals surface area contributed by atoms with E-state index in [-0.39, 0.29) is 11.3 Å². The average molecular weight is 385 g/mol. The van der Waals surface area contributed by atoms with Crippen LogP contribution in [0.4, 0.5) is 26.0 Å². The van der Waals surface area contributed by atoms with Gasteiger partial charge in [0.25, 0.3) is 5.91 Å².